The minimum absolute atomic E-state index is 0.535. The van der Waals surface area contributed by atoms with Crippen molar-refractivity contribution >= 4 is 5.82 Å². The Morgan fingerprint density at radius 2 is 2.13 bits per heavy atom. The summed E-state index contributed by atoms with van der Waals surface area (Å²) in [5.74, 6) is 7.90. The maximum atomic E-state index is 5.25. The van der Waals surface area contributed by atoms with Crippen molar-refractivity contribution in [1.82, 2.24) is 24.7 Å². The van der Waals surface area contributed by atoms with Gasteiger partial charge in [-0.05, 0) is 13.8 Å². The first kappa shape index (κ1) is 9.53. The average Bonchev–Trinajstić information content (AvgIpc) is 2.58. The van der Waals surface area contributed by atoms with Gasteiger partial charge in [-0.3, -0.25) is 0 Å². The van der Waals surface area contributed by atoms with E-state index in [9.17, 15) is 0 Å². The van der Waals surface area contributed by atoms with Gasteiger partial charge < -0.3 is 5.43 Å². The van der Waals surface area contributed by atoms with E-state index in [1.54, 1.807) is 10.7 Å². The molecule has 0 radical (unpaired) electrons. The van der Waals surface area contributed by atoms with Gasteiger partial charge in [-0.2, -0.15) is 4.68 Å². The Hall–Kier alpha value is -2.02. The van der Waals surface area contributed by atoms with E-state index < -0.39 is 0 Å². The van der Waals surface area contributed by atoms with Crippen LogP contribution in [-0.4, -0.2) is 24.7 Å². The van der Waals surface area contributed by atoms with Crippen LogP contribution in [0.2, 0.25) is 0 Å². The number of nitrogens with zero attached hydrogens (tertiary/aromatic N) is 5. The minimum atomic E-state index is 0.535. The highest BCUT2D eigenvalue weighted by Crippen LogP contribution is 2.08. The molecular weight excluding hydrogens is 194 g/mol. The van der Waals surface area contributed by atoms with Crippen LogP contribution in [0.3, 0.4) is 0 Å². The molecule has 2 aromatic rings. The molecule has 2 rings (SSSR count). The molecule has 0 spiro atoms. The monoisotopic (exact) mass is 205 g/mol. The van der Waals surface area contributed by atoms with E-state index in [0.717, 1.165) is 5.82 Å². The van der Waals surface area contributed by atoms with Crippen LogP contribution in [0, 0.1) is 13.8 Å². The lowest BCUT2D eigenvalue weighted by atomic mass is 10.5. The lowest BCUT2D eigenvalue weighted by molar-refractivity contribution is 0.798. The number of nitrogens with two attached hydrogens (primary N) is 1. The molecule has 0 aliphatic rings. The van der Waals surface area contributed by atoms with Gasteiger partial charge in [0.1, 0.15) is 23.8 Å². The zero-order valence-corrected chi connectivity index (χ0v) is 8.47. The maximum absolute atomic E-state index is 5.25. The normalized spacial score (nSPS) is 10.3. The van der Waals surface area contributed by atoms with Gasteiger partial charge in [-0.1, -0.05) is 0 Å². The highest BCUT2D eigenvalue weighted by Gasteiger charge is 2.06. The molecule has 7 nitrogen and oxygen atoms in total. The van der Waals surface area contributed by atoms with Crippen LogP contribution in [0.15, 0.2) is 12.4 Å². The molecule has 78 valence electrons. The summed E-state index contributed by atoms with van der Waals surface area (Å²) >= 11 is 0. The van der Waals surface area contributed by atoms with Gasteiger partial charge >= 0.3 is 0 Å². The molecule has 2 aromatic heterocycles. The Kier molecular flexibility index (Phi) is 2.30. The van der Waals surface area contributed by atoms with Crippen LogP contribution in [0.1, 0.15) is 11.6 Å². The van der Waals surface area contributed by atoms with Gasteiger partial charge in [0.25, 0.3) is 0 Å². The second kappa shape index (κ2) is 3.62. The molecule has 0 saturated carbocycles. The summed E-state index contributed by atoms with van der Waals surface area (Å²) in [5.41, 5.74) is 2.45. The van der Waals surface area contributed by atoms with E-state index in [0.29, 0.717) is 17.5 Å². The predicted molar refractivity (Wildman–Crippen MR) is 54.2 cm³/mol. The van der Waals surface area contributed by atoms with Crippen molar-refractivity contribution in [1.29, 1.82) is 0 Å². The highest BCUT2D eigenvalue weighted by atomic mass is 15.4. The number of nitrogens with one attached hydrogen (secondary N) is 1. The summed E-state index contributed by atoms with van der Waals surface area (Å²) < 4.78 is 1.64. The molecule has 0 unspecified atom stereocenters. The second-order valence-corrected chi connectivity index (χ2v) is 3.02. The Morgan fingerprint density at radius 3 is 2.73 bits per heavy atom. The Balaban J connectivity index is 2.49. The van der Waals surface area contributed by atoms with Crippen LogP contribution >= 0.6 is 0 Å². The Morgan fingerprint density at radius 1 is 1.33 bits per heavy atom. The summed E-state index contributed by atoms with van der Waals surface area (Å²) in [6.45, 7) is 3.68. The fraction of sp³-hybridized carbons (Fsp3) is 0.250. The van der Waals surface area contributed by atoms with Gasteiger partial charge in [0.15, 0.2) is 5.82 Å². The third-order valence-corrected chi connectivity index (χ3v) is 1.89. The fourth-order valence-electron chi connectivity index (χ4n) is 1.28. The van der Waals surface area contributed by atoms with Gasteiger partial charge in [0.2, 0.25) is 0 Å². The first-order chi connectivity index (χ1) is 7.20. The lowest BCUT2D eigenvalue weighted by Gasteiger charge is -2.03. The number of nitrogen functional groups attached to an aromatic ring is 1. The summed E-state index contributed by atoms with van der Waals surface area (Å²) in [7, 11) is 0. The molecule has 2 heterocycles. The number of anilines is 1. The smallest absolute Gasteiger partial charge is 0.161 e. The van der Waals surface area contributed by atoms with Gasteiger partial charge in [0.05, 0.1) is 0 Å². The van der Waals surface area contributed by atoms with E-state index in [1.165, 1.54) is 6.33 Å². The minimum Gasteiger partial charge on any atom is -0.308 e. The topological polar surface area (TPSA) is 94.5 Å². The predicted octanol–water partition coefficient (Wildman–Crippen LogP) is -0.0403. The molecule has 0 aromatic carbocycles. The van der Waals surface area contributed by atoms with Crippen molar-refractivity contribution < 1.29 is 0 Å². The first-order valence-electron chi connectivity index (χ1n) is 4.40. The third-order valence-electron chi connectivity index (χ3n) is 1.89. The molecule has 15 heavy (non-hydrogen) atoms. The molecule has 0 saturated heterocycles. The van der Waals surface area contributed by atoms with Gasteiger partial charge in [0, 0.05) is 6.07 Å². The van der Waals surface area contributed by atoms with Crippen molar-refractivity contribution in [2.24, 2.45) is 5.84 Å². The fourth-order valence-corrected chi connectivity index (χ4v) is 1.28. The van der Waals surface area contributed by atoms with Gasteiger partial charge in [-0.25, -0.2) is 20.8 Å². The first-order valence-corrected chi connectivity index (χ1v) is 4.40. The van der Waals surface area contributed by atoms with Crippen molar-refractivity contribution in [2.45, 2.75) is 13.8 Å². The van der Waals surface area contributed by atoms with Crippen molar-refractivity contribution in [3.05, 3.63) is 24.0 Å². The summed E-state index contributed by atoms with van der Waals surface area (Å²) in [6.07, 6.45) is 1.42. The molecule has 0 bridgehead atoms. The SMILES string of the molecule is Cc1nc(C)n(-c2cc(NN)ncn2)n1. The summed E-state index contributed by atoms with van der Waals surface area (Å²) in [5, 5.41) is 4.20. The zero-order chi connectivity index (χ0) is 10.8. The van der Waals surface area contributed by atoms with Crippen molar-refractivity contribution in [3.63, 3.8) is 0 Å². The van der Waals surface area contributed by atoms with Crippen molar-refractivity contribution in [3.8, 4) is 5.82 Å². The largest absolute Gasteiger partial charge is 0.308 e. The molecule has 3 N–H and O–H groups in total. The van der Waals surface area contributed by atoms with E-state index >= 15 is 0 Å². The molecule has 0 amide bonds. The maximum Gasteiger partial charge on any atom is 0.161 e. The van der Waals surface area contributed by atoms with Crippen LogP contribution in [0.25, 0.3) is 5.82 Å². The lowest BCUT2D eigenvalue weighted by Crippen LogP contribution is -2.10. The molecule has 0 fully saturated rings. The van der Waals surface area contributed by atoms with Crippen LogP contribution in [-0.2, 0) is 0 Å². The molecule has 0 aliphatic heterocycles. The summed E-state index contributed by atoms with van der Waals surface area (Å²) in [6, 6.07) is 1.70. The number of hydrazine groups is 1. The zero-order valence-electron chi connectivity index (χ0n) is 8.47. The molecule has 0 atom stereocenters. The molecule has 7 heteroatoms. The van der Waals surface area contributed by atoms with E-state index in [-0.39, 0.29) is 0 Å². The Bertz CT molecular complexity index is 476. The van der Waals surface area contributed by atoms with E-state index in [1.807, 2.05) is 13.8 Å². The van der Waals surface area contributed by atoms with Crippen LogP contribution in [0.5, 0.6) is 0 Å². The number of hydrogen-bond donors (Lipinski definition) is 2. The average molecular weight is 205 g/mol. The number of rotatable bonds is 2. The standard InChI is InChI=1S/C8H11N7/c1-5-12-6(2)15(14-5)8-3-7(13-9)10-4-11-8/h3-4H,9H2,1-2H3,(H,10,11,13). The van der Waals surface area contributed by atoms with E-state index in [2.05, 4.69) is 25.5 Å². The highest BCUT2D eigenvalue weighted by molar-refractivity contribution is 5.38. The third kappa shape index (κ3) is 1.77. The van der Waals surface area contributed by atoms with Gasteiger partial charge in [-0.15, -0.1) is 5.10 Å². The summed E-state index contributed by atoms with van der Waals surface area (Å²) in [4.78, 5) is 12.2. The van der Waals surface area contributed by atoms with Crippen LogP contribution in [0.4, 0.5) is 5.82 Å². The Labute approximate surface area is 86.3 Å². The number of aryl methyl sites for hydroxylation is 2. The van der Waals surface area contributed by atoms with E-state index in [4.69, 9.17) is 5.84 Å². The quantitative estimate of drug-likeness (QED) is 0.527. The number of hydrogen-bond acceptors (Lipinski definition) is 6. The van der Waals surface area contributed by atoms with Crippen molar-refractivity contribution in [2.75, 3.05) is 5.43 Å². The van der Waals surface area contributed by atoms with Crippen LogP contribution < -0.4 is 11.3 Å². The molecular formula is C8H11N7. The molecule has 0 aliphatic carbocycles. The number of aromatic nitrogens is 5. The second-order valence-electron chi connectivity index (χ2n) is 3.02.